The van der Waals surface area contributed by atoms with Gasteiger partial charge in [-0.2, -0.15) is 0 Å². The number of para-hydroxylation sites is 1. The Morgan fingerprint density at radius 1 is 0.971 bits per heavy atom. The summed E-state index contributed by atoms with van der Waals surface area (Å²) >= 11 is 0. The van der Waals surface area contributed by atoms with E-state index in [0.717, 1.165) is 45.2 Å². The van der Waals surface area contributed by atoms with Crippen LogP contribution in [-0.4, -0.2) is 53.9 Å². The lowest BCUT2D eigenvalue weighted by atomic mass is 10.0. The van der Waals surface area contributed by atoms with E-state index in [1.54, 1.807) is 0 Å². The molecule has 2 aromatic carbocycles. The first-order chi connectivity index (χ1) is 16.5. The van der Waals surface area contributed by atoms with Gasteiger partial charge in [-0.1, -0.05) is 69.2 Å². The number of rotatable bonds is 5. The largest absolute Gasteiger partial charge is 0.491 e. The lowest BCUT2D eigenvalue weighted by molar-refractivity contribution is -0.135. The Hall–Kier alpha value is -2.82. The van der Waals surface area contributed by atoms with E-state index in [1.165, 1.54) is 5.56 Å². The molecule has 0 saturated carbocycles. The summed E-state index contributed by atoms with van der Waals surface area (Å²) in [4.78, 5) is 30.6. The first-order valence-electron chi connectivity index (χ1n) is 12.8. The molecular formula is C29H40N2O3. The number of amides is 2. The van der Waals surface area contributed by atoms with Crippen LogP contribution in [0.5, 0.6) is 5.75 Å². The Morgan fingerprint density at radius 3 is 2.35 bits per heavy atom. The summed E-state index contributed by atoms with van der Waals surface area (Å²) in [5, 5.41) is 0. The van der Waals surface area contributed by atoms with E-state index in [1.807, 2.05) is 59.2 Å². The van der Waals surface area contributed by atoms with Crippen molar-refractivity contribution in [2.75, 3.05) is 26.2 Å². The van der Waals surface area contributed by atoms with Gasteiger partial charge in [0.2, 0.25) is 5.91 Å². The Kier molecular flexibility index (Phi) is 9.99. The van der Waals surface area contributed by atoms with Crippen molar-refractivity contribution in [2.24, 2.45) is 5.92 Å². The van der Waals surface area contributed by atoms with E-state index in [4.69, 9.17) is 4.74 Å². The normalized spacial score (nSPS) is 18.2. The molecule has 0 saturated heterocycles. The van der Waals surface area contributed by atoms with Gasteiger partial charge in [-0.05, 0) is 49.8 Å². The number of hydrogen-bond donors (Lipinski definition) is 0. The number of hydrogen-bond acceptors (Lipinski definition) is 3. The van der Waals surface area contributed by atoms with Crippen LogP contribution in [0.3, 0.4) is 0 Å². The van der Waals surface area contributed by atoms with Gasteiger partial charge >= 0.3 is 0 Å². The number of fused-ring (bicyclic) bond motifs is 1. The van der Waals surface area contributed by atoms with Crippen molar-refractivity contribution in [1.29, 1.82) is 0 Å². The third-order valence-electron chi connectivity index (χ3n) is 6.45. The predicted molar refractivity (Wildman–Crippen MR) is 137 cm³/mol. The molecule has 0 aromatic heterocycles. The highest BCUT2D eigenvalue weighted by atomic mass is 16.5. The van der Waals surface area contributed by atoms with Crippen LogP contribution in [-0.2, 0) is 11.2 Å². The Balaban J connectivity index is 1.93. The fraction of sp³-hybridized carbons (Fsp3) is 0.517. The second-order valence-corrected chi connectivity index (χ2v) is 9.63. The zero-order valence-electron chi connectivity index (χ0n) is 21.0. The first-order valence-corrected chi connectivity index (χ1v) is 12.8. The summed E-state index contributed by atoms with van der Waals surface area (Å²) in [6.07, 6.45) is 5.29. The molecule has 0 aliphatic carbocycles. The molecule has 0 spiro atoms. The van der Waals surface area contributed by atoms with Crippen molar-refractivity contribution < 1.29 is 14.3 Å². The van der Waals surface area contributed by atoms with Crippen molar-refractivity contribution >= 4 is 11.8 Å². The van der Waals surface area contributed by atoms with Crippen LogP contribution in [0, 0.1) is 5.92 Å². The molecule has 1 atom stereocenters. The van der Waals surface area contributed by atoms with Gasteiger partial charge in [0.25, 0.3) is 5.91 Å². The van der Waals surface area contributed by atoms with Gasteiger partial charge in [-0.15, -0.1) is 0 Å². The average Bonchev–Trinajstić information content (AvgIpc) is 2.83. The molecule has 184 valence electrons. The molecule has 1 aliphatic heterocycles. The summed E-state index contributed by atoms with van der Waals surface area (Å²) in [7, 11) is 0. The third-order valence-corrected chi connectivity index (χ3v) is 6.45. The van der Waals surface area contributed by atoms with Gasteiger partial charge < -0.3 is 14.5 Å². The maximum atomic E-state index is 13.3. The van der Waals surface area contributed by atoms with Crippen LogP contribution in [0.4, 0.5) is 0 Å². The predicted octanol–water partition coefficient (Wildman–Crippen LogP) is 5.59. The van der Waals surface area contributed by atoms with Crippen LogP contribution >= 0.6 is 0 Å². The van der Waals surface area contributed by atoms with E-state index in [9.17, 15) is 9.59 Å². The molecule has 34 heavy (non-hydrogen) atoms. The monoisotopic (exact) mass is 464 g/mol. The van der Waals surface area contributed by atoms with Crippen LogP contribution in [0.15, 0.2) is 54.6 Å². The molecule has 0 radical (unpaired) electrons. The van der Waals surface area contributed by atoms with Crippen molar-refractivity contribution in [1.82, 2.24) is 9.80 Å². The average molecular weight is 465 g/mol. The van der Waals surface area contributed by atoms with Crippen molar-refractivity contribution in [3.8, 4) is 5.75 Å². The number of benzene rings is 2. The zero-order chi connectivity index (χ0) is 24.3. The molecule has 5 heteroatoms. The number of carbonyl (C=O) groups is 2. The van der Waals surface area contributed by atoms with Crippen molar-refractivity contribution in [3.63, 3.8) is 0 Å². The van der Waals surface area contributed by atoms with Gasteiger partial charge in [0, 0.05) is 26.1 Å². The number of carbonyl (C=O) groups excluding carboxylic acids is 2. The molecule has 0 N–H and O–H groups in total. The number of nitrogens with zero attached hydrogens (tertiary/aromatic N) is 2. The minimum Gasteiger partial charge on any atom is -0.491 e. The summed E-state index contributed by atoms with van der Waals surface area (Å²) in [6.45, 7) is 8.73. The molecule has 0 unspecified atom stereocenters. The lowest BCUT2D eigenvalue weighted by Gasteiger charge is -2.33. The maximum absolute atomic E-state index is 13.3. The van der Waals surface area contributed by atoms with E-state index < -0.39 is 0 Å². The molecule has 1 heterocycles. The topological polar surface area (TPSA) is 49.9 Å². The van der Waals surface area contributed by atoms with E-state index in [2.05, 4.69) is 26.0 Å². The van der Waals surface area contributed by atoms with Crippen LogP contribution in [0.25, 0.3) is 0 Å². The summed E-state index contributed by atoms with van der Waals surface area (Å²) in [5.74, 6) is 1.10. The number of ether oxygens (including phenoxy) is 1. The molecular weight excluding hydrogens is 424 g/mol. The molecule has 0 bridgehead atoms. The lowest BCUT2D eigenvalue weighted by Crippen LogP contribution is -2.46. The third kappa shape index (κ3) is 7.34. The Labute approximate surface area is 205 Å². The van der Waals surface area contributed by atoms with Crippen LogP contribution in [0.2, 0.25) is 0 Å². The highest BCUT2D eigenvalue weighted by Crippen LogP contribution is 2.23. The van der Waals surface area contributed by atoms with E-state index >= 15 is 0 Å². The fourth-order valence-electron chi connectivity index (χ4n) is 4.59. The SMILES string of the molecule is CCN1CCCCCCN(C(=O)CC(C)C)[C@@H](Cc2ccccc2)COc2ccccc2C1=O. The highest BCUT2D eigenvalue weighted by Gasteiger charge is 2.26. The molecule has 2 amide bonds. The van der Waals surface area contributed by atoms with E-state index in [0.29, 0.717) is 36.8 Å². The summed E-state index contributed by atoms with van der Waals surface area (Å²) in [5.41, 5.74) is 1.78. The Morgan fingerprint density at radius 2 is 1.65 bits per heavy atom. The van der Waals surface area contributed by atoms with Gasteiger partial charge in [0.15, 0.2) is 0 Å². The smallest absolute Gasteiger partial charge is 0.257 e. The Bertz CT molecular complexity index is 913. The molecule has 2 aromatic rings. The minimum absolute atomic E-state index is 0.0162. The fourth-order valence-corrected chi connectivity index (χ4v) is 4.59. The quantitative estimate of drug-likeness (QED) is 0.580. The minimum atomic E-state index is -0.0953. The second-order valence-electron chi connectivity index (χ2n) is 9.63. The first kappa shape index (κ1) is 25.8. The van der Waals surface area contributed by atoms with Crippen molar-refractivity contribution in [3.05, 3.63) is 65.7 Å². The maximum Gasteiger partial charge on any atom is 0.257 e. The van der Waals surface area contributed by atoms with E-state index in [-0.39, 0.29) is 17.9 Å². The standard InChI is InChI=1S/C29H40N2O3/c1-4-30-18-12-5-6-13-19-31(28(32)20-23(2)3)25(21-24-14-8-7-9-15-24)22-34-27-17-11-10-16-26(27)29(30)33/h7-11,14-17,23,25H,4-6,12-13,18-22H2,1-3H3/t25-/m0/s1. The van der Waals surface area contributed by atoms with Gasteiger partial charge in [-0.25, -0.2) is 0 Å². The van der Waals surface area contributed by atoms with Crippen LogP contribution in [0.1, 0.15) is 68.8 Å². The molecule has 5 nitrogen and oxygen atoms in total. The summed E-state index contributed by atoms with van der Waals surface area (Å²) < 4.78 is 6.32. The van der Waals surface area contributed by atoms with Crippen LogP contribution < -0.4 is 4.74 Å². The zero-order valence-corrected chi connectivity index (χ0v) is 21.0. The van der Waals surface area contributed by atoms with Crippen molar-refractivity contribution in [2.45, 2.75) is 65.3 Å². The summed E-state index contributed by atoms with van der Waals surface area (Å²) in [6, 6.07) is 17.7. The molecule has 1 aliphatic rings. The molecule has 3 rings (SSSR count). The van der Waals surface area contributed by atoms with Gasteiger partial charge in [-0.3, -0.25) is 9.59 Å². The molecule has 0 fully saturated rings. The van der Waals surface area contributed by atoms with Gasteiger partial charge in [0.05, 0.1) is 11.6 Å². The highest BCUT2D eigenvalue weighted by molar-refractivity contribution is 5.96. The second kappa shape index (κ2) is 13.2. The van der Waals surface area contributed by atoms with Gasteiger partial charge in [0.1, 0.15) is 12.4 Å².